The van der Waals surface area contributed by atoms with Crippen molar-refractivity contribution in [2.45, 2.75) is 12.6 Å². The first-order valence-electron chi connectivity index (χ1n) is 7.90. The fourth-order valence-corrected chi connectivity index (χ4v) is 3.12. The Kier molecular flexibility index (Phi) is 3.56. The fourth-order valence-electron chi connectivity index (χ4n) is 3.12. The lowest BCUT2D eigenvalue weighted by atomic mass is 10.1. The van der Waals surface area contributed by atoms with Gasteiger partial charge in [0.05, 0.1) is 6.61 Å². The Bertz CT molecular complexity index is 688. The molecule has 4 rings (SSSR count). The minimum Gasteiger partial charge on any atom is -0.363 e. The first-order chi connectivity index (χ1) is 10.8. The molecule has 2 aliphatic rings. The fraction of sp³-hybridized carbons (Fsp3) is 0.389. The van der Waals surface area contributed by atoms with Crippen molar-refractivity contribution in [1.82, 2.24) is 9.80 Å². The zero-order valence-corrected chi connectivity index (χ0v) is 12.6. The number of hydrogen-bond acceptors (Lipinski definition) is 3. The summed E-state index contributed by atoms with van der Waals surface area (Å²) in [5.74, 6) is 0.172. The van der Waals surface area contributed by atoms with Gasteiger partial charge in [0.25, 0.3) is 5.91 Å². The van der Waals surface area contributed by atoms with E-state index in [0.29, 0.717) is 6.61 Å². The highest BCUT2D eigenvalue weighted by atomic mass is 16.6. The van der Waals surface area contributed by atoms with Crippen molar-refractivity contribution >= 4 is 16.7 Å². The molecule has 4 heteroatoms. The minimum absolute atomic E-state index is 0.146. The van der Waals surface area contributed by atoms with E-state index in [2.05, 4.69) is 47.4 Å². The Morgan fingerprint density at radius 1 is 1.05 bits per heavy atom. The smallest absolute Gasteiger partial charge is 0.254 e. The number of epoxide rings is 1. The summed E-state index contributed by atoms with van der Waals surface area (Å²) in [6.07, 6.45) is -0.146. The summed E-state index contributed by atoms with van der Waals surface area (Å²) >= 11 is 0. The number of rotatable bonds is 3. The maximum Gasteiger partial charge on any atom is 0.254 e. The van der Waals surface area contributed by atoms with Gasteiger partial charge in [-0.2, -0.15) is 0 Å². The van der Waals surface area contributed by atoms with Gasteiger partial charge in [-0.1, -0.05) is 36.4 Å². The van der Waals surface area contributed by atoms with Gasteiger partial charge in [0.2, 0.25) is 0 Å². The van der Waals surface area contributed by atoms with Crippen LogP contribution in [0.15, 0.2) is 42.5 Å². The van der Waals surface area contributed by atoms with E-state index in [1.807, 2.05) is 4.90 Å². The monoisotopic (exact) mass is 296 g/mol. The summed E-state index contributed by atoms with van der Waals surface area (Å²) in [4.78, 5) is 16.3. The number of nitrogens with zero attached hydrogens (tertiary/aromatic N) is 2. The van der Waals surface area contributed by atoms with Crippen LogP contribution in [0.3, 0.4) is 0 Å². The van der Waals surface area contributed by atoms with Gasteiger partial charge in [0.15, 0.2) is 6.10 Å². The molecule has 0 N–H and O–H groups in total. The van der Waals surface area contributed by atoms with Gasteiger partial charge in [0, 0.05) is 32.7 Å². The molecule has 2 aliphatic heterocycles. The van der Waals surface area contributed by atoms with E-state index in [1.165, 1.54) is 16.3 Å². The van der Waals surface area contributed by atoms with Crippen LogP contribution in [0.1, 0.15) is 5.56 Å². The van der Waals surface area contributed by atoms with Crippen LogP contribution in [0.5, 0.6) is 0 Å². The van der Waals surface area contributed by atoms with Crippen LogP contribution >= 0.6 is 0 Å². The third-order valence-corrected chi connectivity index (χ3v) is 4.51. The van der Waals surface area contributed by atoms with Crippen LogP contribution in [-0.4, -0.2) is 54.6 Å². The summed E-state index contributed by atoms with van der Waals surface area (Å²) in [5.41, 5.74) is 1.34. The van der Waals surface area contributed by atoms with Crippen LogP contribution in [-0.2, 0) is 16.1 Å². The summed E-state index contributed by atoms with van der Waals surface area (Å²) in [7, 11) is 0. The molecule has 2 fully saturated rings. The van der Waals surface area contributed by atoms with E-state index in [4.69, 9.17) is 4.74 Å². The molecule has 2 aromatic carbocycles. The Labute approximate surface area is 130 Å². The van der Waals surface area contributed by atoms with Gasteiger partial charge in [-0.25, -0.2) is 0 Å². The maximum atomic E-state index is 12.0. The van der Waals surface area contributed by atoms with Gasteiger partial charge >= 0.3 is 0 Å². The SMILES string of the molecule is O=C(C1CO1)N1CCN(Cc2ccc3ccccc3c2)CC1. The topological polar surface area (TPSA) is 36.1 Å². The highest BCUT2D eigenvalue weighted by Crippen LogP contribution is 2.18. The van der Waals surface area contributed by atoms with E-state index < -0.39 is 0 Å². The van der Waals surface area contributed by atoms with Crippen LogP contribution in [0, 0.1) is 0 Å². The van der Waals surface area contributed by atoms with Crippen molar-refractivity contribution < 1.29 is 9.53 Å². The van der Waals surface area contributed by atoms with Gasteiger partial charge in [-0.05, 0) is 22.4 Å². The van der Waals surface area contributed by atoms with E-state index in [1.54, 1.807) is 0 Å². The molecule has 1 atom stereocenters. The molecule has 0 radical (unpaired) electrons. The van der Waals surface area contributed by atoms with E-state index >= 15 is 0 Å². The van der Waals surface area contributed by atoms with Crippen molar-refractivity contribution in [3.05, 3.63) is 48.0 Å². The number of fused-ring (bicyclic) bond motifs is 1. The molecule has 2 aromatic rings. The summed E-state index contributed by atoms with van der Waals surface area (Å²) in [5, 5.41) is 2.57. The number of carbonyl (C=O) groups is 1. The first-order valence-corrected chi connectivity index (χ1v) is 7.90. The zero-order chi connectivity index (χ0) is 14.9. The molecule has 0 aromatic heterocycles. The van der Waals surface area contributed by atoms with Crippen molar-refractivity contribution in [3.8, 4) is 0 Å². The third-order valence-electron chi connectivity index (χ3n) is 4.51. The van der Waals surface area contributed by atoms with Crippen molar-refractivity contribution in [2.24, 2.45) is 0 Å². The highest BCUT2D eigenvalue weighted by Gasteiger charge is 2.36. The molecule has 4 nitrogen and oxygen atoms in total. The van der Waals surface area contributed by atoms with Crippen molar-refractivity contribution in [2.75, 3.05) is 32.8 Å². The van der Waals surface area contributed by atoms with Crippen LogP contribution in [0.2, 0.25) is 0 Å². The predicted octanol–water partition coefficient (Wildman–Crippen LogP) is 1.88. The Morgan fingerprint density at radius 3 is 2.50 bits per heavy atom. The molecule has 114 valence electrons. The molecule has 0 spiro atoms. The van der Waals surface area contributed by atoms with Crippen molar-refractivity contribution in [1.29, 1.82) is 0 Å². The molecule has 2 saturated heterocycles. The van der Waals surface area contributed by atoms with E-state index in [0.717, 1.165) is 32.7 Å². The largest absolute Gasteiger partial charge is 0.363 e. The molecular formula is C18H20N2O2. The first kappa shape index (κ1) is 13.7. The second-order valence-corrected chi connectivity index (χ2v) is 6.10. The molecular weight excluding hydrogens is 276 g/mol. The third kappa shape index (κ3) is 2.85. The quantitative estimate of drug-likeness (QED) is 0.812. The minimum atomic E-state index is -0.146. The number of amides is 1. The zero-order valence-electron chi connectivity index (χ0n) is 12.6. The van der Waals surface area contributed by atoms with Gasteiger partial charge < -0.3 is 9.64 Å². The summed E-state index contributed by atoms with van der Waals surface area (Å²) < 4.78 is 5.08. The van der Waals surface area contributed by atoms with Gasteiger partial charge in [-0.15, -0.1) is 0 Å². The molecule has 0 bridgehead atoms. The maximum absolute atomic E-state index is 12.0. The van der Waals surface area contributed by atoms with Crippen LogP contribution in [0.25, 0.3) is 10.8 Å². The Hall–Kier alpha value is -1.91. The summed E-state index contributed by atoms with van der Waals surface area (Å²) in [6, 6.07) is 15.1. The van der Waals surface area contributed by atoms with Crippen LogP contribution in [0.4, 0.5) is 0 Å². The normalized spacial score (nSPS) is 22.0. The summed E-state index contributed by atoms with van der Waals surface area (Å²) in [6.45, 7) is 5.05. The Morgan fingerprint density at radius 2 is 1.77 bits per heavy atom. The average molecular weight is 296 g/mol. The average Bonchev–Trinajstić information content (AvgIpc) is 3.40. The number of hydrogen-bond donors (Lipinski definition) is 0. The lowest BCUT2D eigenvalue weighted by Crippen LogP contribution is -2.49. The second-order valence-electron chi connectivity index (χ2n) is 6.10. The number of carbonyl (C=O) groups excluding carboxylic acids is 1. The molecule has 22 heavy (non-hydrogen) atoms. The lowest BCUT2D eigenvalue weighted by molar-refractivity contribution is -0.134. The molecule has 1 amide bonds. The number of piperazine rings is 1. The second kappa shape index (κ2) is 5.71. The molecule has 2 heterocycles. The van der Waals surface area contributed by atoms with E-state index in [9.17, 15) is 4.79 Å². The Balaban J connectivity index is 1.38. The molecule has 1 unspecified atom stereocenters. The van der Waals surface area contributed by atoms with Gasteiger partial charge in [0.1, 0.15) is 0 Å². The molecule has 0 aliphatic carbocycles. The highest BCUT2D eigenvalue weighted by molar-refractivity contribution is 5.83. The number of ether oxygens (including phenoxy) is 1. The lowest BCUT2D eigenvalue weighted by Gasteiger charge is -2.34. The van der Waals surface area contributed by atoms with Crippen molar-refractivity contribution in [3.63, 3.8) is 0 Å². The number of benzene rings is 2. The van der Waals surface area contributed by atoms with Crippen LogP contribution < -0.4 is 0 Å². The molecule has 0 saturated carbocycles. The van der Waals surface area contributed by atoms with Gasteiger partial charge in [-0.3, -0.25) is 9.69 Å². The van der Waals surface area contributed by atoms with E-state index in [-0.39, 0.29) is 12.0 Å². The standard InChI is InChI=1S/C18H20N2O2/c21-18(17-13-22-17)20-9-7-19(8-10-20)12-14-5-6-15-3-1-2-4-16(15)11-14/h1-6,11,17H,7-10,12-13H2. The predicted molar refractivity (Wildman–Crippen MR) is 85.5 cm³/mol.